The topological polar surface area (TPSA) is 94.3 Å². The van der Waals surface area contributed by atoms with Crippen LogP contribution in [0.25, 0.3) is 45.9 Å². The van der Waals surface area contributed by atoms with Gasteiger partial charge in [0.2, 0.25) is 11.5 Å². The summed E-state index contributed by atoms with van der Waals surface area (Å²) < 4.78 is 22.7. The zero-order valence-electron chi connectivity index (χ0n) is 21.8. The number of nitrogens with one attached hydrogen (secondary N) is 2. The van der Waals surface area contributed by atoms with Crippen molar-refractivity contribution in [3.63, 3.8) is 0 Å². The van der Waals surface area contributed by atoms with Crippen LogP contribution in [0.3, 0.4) is 0 Å². The number of aromatic nitrogens is 4. The van der Waals surface area contributed by atoms with E-state index in [0.717, 1.165) is 56.0 Å². The second-order valence-electron chi connectivity index (χ2n) is 8.82. The molecule has 8 nitrogen and oxygen atoms in total. The van der Waals surface area contributed by atoms with Gasteiger partial charge in [0.15, 0.2) is 11.5 Å². The van der Waals surface area contributed by atoms with E-state index in [4.69, 9.17) is 28.9 Å². The van der Waals surface area contributed by atoms with Crippen molar-refractivity contribution in [2.24, 2.45) is 0 Å². The summed E-state index contributed by atoms with van der Waals surface area (Å²) in [5.41, 5.74) is 8.68. The molecule has 2 aliphatic rings. The normalized spacial score (nSPS) is 11.9. The fourth-order valence-electron chi connectivity index (χ4n) is 4.76. The van der Waals surface area contributed by atoms with Crippen molar-refractivity contribution in [2.75, 3.05) is 28.4 Å². The molecule has 0 aliphatic carbocycles. The van der Waals surface area contributed by atoms with E-state index in [1.807, 2.05) is 72.8 Å². The Balaban J connectivity index is 0.00000308. The Morgan fingerprint density at radius 1 is 0.564 bits per heavy atom. The van der Waals surface area contributed by atoms with Crippen molar-refractivity contribution in [1.82, 2.24) is 19.9 Å². The first-order chi connectivity index (χ1) is 18.6. The molecule has 8 bridgehead atoms. The van der Waals surface area contributed by atoms with Gasteiger partial charge >= 0.3 is 0 Å². The fraction of sp³-hybridized carbons (Fsp3) is 0.133. The van der Waals surface area contributed by atoms with Gasteiger partial charge in [-0.05, 0) is 72.8 Å². The summed E-state index contributed by atoms with van der Waals surface area (Å²) in [7, 11) is 6.35. The van der Waals surface area contributed by atoms with E-state index < -0.39 is 0 Å². The van der Waals surface area contributed by atoms with Gasteiger partial charge in [0.05, 0.1) is 51.2 Å². The Bertz CT molecular complexity index is 1790. The number of fused-ring (bicyclic) bond motifs is 8. The number of hydrogen-bond donors (Lipinski definition) is 2. The number of ether oxygens (including phenoxy) is 4. The van der Waals surface area contributed by atoms with Crippen molar-refractivity contribution in [3.8, 4) is 23.0 Å². The van der Waals surface area contributed by atoms with E-state index in [1.165, 1.54) is 0 Å². The minimum Gasteiger partial charge on any atom is -0.493 e. The average molecular weight is 565 g/mol. The zero-order chi connectivity index (χ0) is 26.2. The number of rotatable bonds is 5. The summed E-state index contributed by atoms with van der Waals surface area (Å²) in [5.74, 6) is 1.96. The maximum absolute atomic E-state index is 5.83. The van der Waals surface area contributed by atoms with Crippen LogP contribution >= 0.6 is 0 Å². The molecule has 4 aromatic rings. The minimum atomic E-state index is 0. The van der Waals surface area contributed by atoms with Crippen molar-refractivity contribution >= 4 is 45.9 Å². The van der Waals surface area contributed by atoms with Crippen LogP contribution in [0, 0.1) is 0 Å². The van der Waals surface area contributed by atoms with Crippen LogP contribution in [0.1, 0.15) is 28.3 Å². The molecule has 9 heteroatoms. The molecular weight excluding hydrogens is 539 g/mol. The summed E-state index contributed by atoms with van der Waals surface area (Å²) in [4.78, 5) is 16.6. The molecule has 0 spiro atoms. The van der Waals surface area contributed by atoms with Crippen LogP contribution in [-0.4, -0.2) is 48.4 Å². The smallest absolute Gasteiger partial charge is 0.207 e. The van der Waals surface area contributed by atoms with E-state index in [2.05, 4.69) is 9.97 Å². The van der Waals surface area contributed by atoms with Gasteiger partial charge < -0.3 is 28.9 Å². The maximum Gasteiger partial charge on any atom is 0.207 e. The van der Waals surface area contributed by atoms with E-state index in [-0.39, 0.29) is 16.8 Å². The number of benzene rings is 1. The van der Waals surface area contributed by atoms with E-state index >= 15 is 0 Å². The molecule has 0 saturated heterocycles. The third kappa shape index (κ3) is 4.89. The number of nitrogens with zero attached hydrogens (tertiary/aromatic N) is 2. The number of methoxy groups -OCH3 is 4. The van der Waals surface area contributed by atoms with E-state index in [1.54, 1.807) is 28.4 Å². The van der Waals surface area contributed by atoms with Gasteiger partial charge in [0, 0.05) is 50.0 Å². The van der Waals surface area contributed by atoms with E-state index in [0.29, 0.717) is 23.0 Å². The predicted octanol–water partition coefficient (Wildman–Crippen LogP) is 6.11. The molecule has 39 heavy (non-hydrogen) atoms. The van der Waals surface area contributed by atoms with Gasteiger partial charge in [-0.15, -0.1) is 0 Å². The first-order valence-corrected chi connectivity index (χ1v) is 12.0. The molecule has 0 fully saturated rings. The van der Waals surface area contributed by atoms with Crippen molar-refractivity contribution in [2.45, 2.75) is 0 Å². The van der Waals surface area contributed by atoms with Crippen LogP contribution in [0.15, 0.2) is 54.6 Å². The molecule has 0 saturated carbocycles. The van der Waals surface area contributed by atoms with Crippen LogP contribution < -0.4 is 18.9 Å². The van der Waals surface area contributed by atoms with Gasteiger partial charge in [-0.25, -0.2) is 9.97 Å². The van der Waals surface area contributed by atoms with Crippen molar-refractivity contribution in [1.29, 1.82) is 0 Å². The molecule has 5 heterocycles. The summed E-state index contributed by atoms with van der Waals surface area (Å²) in [6.45, 7) is 0. The summed E-state index contributed by atoms with van der Waals surface area (Å²) in [6.07, 6.45) is 6.04. The van der Waals surface area contributed by atoms with E-state index in [9.17, 15) is 0 Å². The van der Waals surface area contributed by atoms with Crippen LogP contribution in [-0.2, 0) is 16.8 Å². The van der Waals surface area contributed by atoms with Crippen LogP contribution in [0.4, 0.5) is 0 Å². The minimum absolute atomic E-state index is 0. The number of hydrogen-bond acceptors (Lipinski definition) is 6. The molecule has 0 amide bonds. The van der Waals surface area contributed by atoms with Gasteiger partial charge in [-0.2, -0.15) is 0 Å². The Morgan fingerprint density at radius 2 is 1.10 bits per heavy atom. The molecule has 0 atom stereocenters. The monoisotopic (exact) mass is 565 g/mol. The molecular formula is C30H26CoN4O4. The molecule has 6 rings (SSSR count). The number of H-pyrrole nitrogens is 2. The standard InChI is InChI=1S/C30H26N4O4.Co/c1-35-27-16-25(28(36-2)30(38-4)29(27)37-3)24-14-23-13-21-8-7-19(32-21)11-17-5-6-18(31-17)12-20-9-10-22(33-20)15-26(24)34-23;/h5-16,32-33H,1-4H3;. The van der Waals surface area contributed by atoms with Gasteiger partial charge in [-0.1, -0.05) is 0 Å². The van der Waals surface area contributed by atoms with Crippen molar-refractivity contribution in [3.05, 3.63) is 82.9 Å². The Kier molecular flexibility index (Phi) is 7.19. The first kappa shape index (κ1) is 26.1. The third-order valence-electron chi connectivity index (χ3n) is 6.44. The quantitative estimate of drug-likeness (QED) is 0.262. The third-order valence-corrected chi connectivity index (χ3v) is 6.44. The second kappa shape index (κ2) is 10.7. The summed E-state index contributed by atoms with van der Waals surface area (Å²) in [6, 6.07) is 18.0. The van der Waals surface area contributed by atoms with Gasteiger partial charge in [0.25, 0.3) is 0 Å². The molecule has 0 unspecified atom stereocenters. The predicted molar refractivity (Wildman–Crippen MR) is 150 cm³/mol. The molecule has 199 valence electrons. The first-order valence-electron chi connectivity index (χ1n) is 12.0. The summed E-state index contributed by atoms with van der Waals surface area (Å²) in [5, 5.41) is 0. The fourth-order valence-corrected chi connectivity index (χ4v) is 4.76. The zero-order valence-corrected chi connectivity index (χ0v) is 22.8. The van der Waals surface area contributed by atoms with Crippen LogP contribution in [0.5, 0.6) is 23.0 Å². The Labute approximate surface area is 235 Å². The Morgan fingerprint density at radius 3 is 1.64 bits per heavy atom. The largest absolute Gasteiger partial charge is 0.493 e. The average Bonchev–Trinajstić information content (AvgIpc) is 3.72. The molecule has 1 radical (unpaired) electrons. The second-order valence-corrected chi connectivity index (χ2v) is 8.82. The molecule has 3 aromatic heterocycles. The Hall–Kier alpha value is -4.47. The van der Waals surface area contributed by atoms with Gasteiger partial charge in [-0.3, -0.25) is 0 Å². The maximum atomic E-state index is 5.83. The van der Waals surface area contributed by atoms with Gasteiger partial charge in [0.1, 0.15) is 0 Å². The summed E-state index contributed by atoms with van der Waals surface area (Å²) >= 11 is 0. The van der Waals surface area contributed by atoms with Crippen LogP contribution in [0.2, 0.25) is 0 Å². The molecule has 2 aliphatic heterocycles. The SMILES string of the molecule is COc1cc(C2=Cc3cc4ccc(cc5nc(cc6ccc(cc2n3)[nH]6)C=C5)[nH]4)c(OC)c(OC)c1OC.[Co]. The molecule has 2 N–H and O–H groups in total. The van der Waals surface area contributed by atoms with Crippen molar-refractivity contribution < 1.29 is 35.7 Å². The number of aromatic amines is 2. The molecule has 1 aromatic carbocycles.